The number of nitrogens with zero attached hydrogens (tertiary/aromatic N) is 1. The van der Waals surface area contributed by atoms with Crippen molar-refractivity contribution >= 4 is 11.9 Å². The number of hydrogen-bond acceptors (Lipinski definition) is 3. The monoisotopic (exact) mass is 255 g/mol. The van der Waals surface area contributed by atoms with E-state index in [1.165, 1.54) is 0 Å². The molecule has 102 valence electrons. The Labute approximate surface area is 107 Å². The summed E-state index contributed by atoms with van der Waals surface area (Å²) in [7, 11) is 0. The first kappa shape index (κ1) is 13.3. The van der Waals surface area contributed by atoms with E-state index < -0.39 is 18.2 Å². The molecule has 1 amide bonds. The maximum atomic E-state index is 12.3. The first-order valence-corrected chi connectivity index (χ1v) is 6.82. The third-order valence-corrected chi connectivity index (χ3v) is 3.59. The van der Waals surface area contributed by atoms with Crippen molar-refractivity contribution in [1.29, 1.82) is 0 Å². The number of ether oxygens (including phenoxy) is 1. The molecule has 2 rings (SSSR count). The van der Waals surface area contributed by atoms with Crippen molar-refractivity contribution in [2.45, 2.75) is 63.7 Å². The van der Waals surface area contributed by atoms with Crippen LogP contribution in [0.4, 0.5) is 0 Å². The summed E-state index contributed by atoms with van der Waals surface area (Å²) in [6, 6.07) is 0.372. The second-order valence-electron chi connectivity index (χ2n) is 5.15. The van der Waals surface area contributed by atoms with Gasteiger partial charge in [-0.15, -0.1) is 0 Å². The van der Waals surface area contributed by atoms with Crippen LogP contribution in [0.15, 0.2) is 0 Å². The number of rotatable bonds is 6. The second kappa shape index (κ2) is 5.69. The number of carboxylic acid groups (broad SMARTS) is 1. The number of carboxylic acids is 1. The second-order valence-corrected chi connectivity index (χ2v) is 5.15. The third-order valence-electron chi connectivity index (χ3n) is 3.59. The molecule has 0 bridgehead atoms. The summed E-state index contributed by atoms with van der Waals surface area (Å²) in [4.78, 5) is 25.0. The average molecular weight is 255 g/mol. The lowest BCUT2D eigenvalue weighted by Gasteiger charge is -2.25. The minimum Gasteiger partial charge on any atom is -0.479 e. The van der Waals surface area contributed by atoms with Gasteiger partial charge in [0.1, 0.15) is 6.10 Å². The molecule has 1 aliphatic heterocycles. The zero-order valence-electron chi connectivity index (χ0n) is 10.8. The van der Waals surface area contributed by atoms with Gasteiger partial charge in [0.2, 0.25) is 0 Å². The SMILES string of the molecule is CCCCN(C(=O)C1CCC(C(=O)O)O1)C1CC1. The molecule has 1 saturated heterocycles. The Morgan fingerprint density at radius 1 is 1.22 bits per heavy atom. The van der Waals surface area contributed by atoms with Crippen molar-refractivity contribution in [3.8, 4) is 0 Å². The molecule has 0 aromatic rings. The highest BCUT2D eigenvalue weighted by atomic mass is 16.5. The van der Waals surface area contributed by atoms with Gasteiger partial charge in [0.25, 0.3) is 5.91 Å². The van der Waals surface area contributed by atoms with Crippen molar-refractivity contribution in [2.75, 3.05) is 6.54 Å². The van der Waals surface area contributed by atoms with Crippen LogP contribution in [-0.2, 0) is 14.3 Å². The summed E-state index contributed by atoms with van der Waals surface area (Å²) in [5, 5.41) is 8.86. The Balaban J connectivity index is 1.90. The fraction of sp³-hybridized carbons (Fsp3) is 0.846. The largest absolute Gasteiger partial charge is 0.479 e. The van der Waals surface area contributed by atoms with Crippen molar-refractivity contribution in [2.24, 2.45) is 0 Å². The molecule has 18 heavy (non-hydrogen) atoms. The summed E-state index contributed by atoms with van der Waals surface area (Å²) in [6.07, 6.45) is 3.84. The highest BCUT2D eigenvalue weighted by molar-refractivity contribution is 5.83. The van der Waals surface area contributed by atoms with Crippen LogP contribution in [-0.4, -0.2) is 46.7 Å². The van der Waals surface area contributed by atoms with Gasteiger partial charge < -0.3 is 14.7 Å². The van der Waals surface area contributed by atoms with Crippen LogP contribution >= 0.6 is 0 Å². The van der Waals surface area contributed by atoms with E-state index in [1.54, 1.807) is 0 Å². The molecule has 0 radical (unpaired) electrons. The van der Waals surface area contributed by atoms with Gasteiger partial charge in [0.15, 0.2) is 6.10 Å². The molecule has 5 heteroatoms. The van der Waals surface area contributed by atoms with Crippen LogP contribution < -0.4 is 0 Å². The van der Waals surface area contributed by atoms with Crippen molar-refractivity contribution in [3.05, 3.63) is 0 Å². The molecule has 1 aliphatic carbocycles. The van der Waals surface area contributed by atoms with E-state index >= 15 is 0 Å². The van der Waals surface area contributed by atoms with Crippen LogP contribution in [0.25, 0.3) is 0 Å². The number of carbonyl (C=O) groups excluding carboxylic acids is 1. The topological polar surface area (TPSA) is 66.8 Å². The van der Waals surface area contributed by atoms with E-state index in [4.69, 9.17) is 9.84 Å². The van der Waals surface area contributed by atoms with Gasteiger partial charge >= 0.3 is 5.97 Å². The number of hydrogen-bond donors (Lipinski definition) is 1. The van der Waals surface area contributed by atoms with Gasteiger partial charge in [-0.2, -0.15) is 0 Å². The van der Waals surface area contributed by atoms with E-state index in [2.05, 4.69) is 6.92 Å². The number of unbranched alkanes of at least 4 members (excludes halogenated alkanes) is 1. The fourth-order valence-corrected chi connectivity index (χ4v) is 2.37. The fourth-order valence-electron chi connectivity index (χ4n) is 2.37. The number of amides is 1. The molecule has 5 nitrogen and oxygen atoms in total. The van der Waals surface area contributed by atoms with Crippen molar-refractivity contribution in [3.63, 3.8) is 0 Å². The maximum absolute atomic E-state index is 12.3. The Morgan fingerprint density at radius 2 is 1.89 bits per heavy atom. The summed E-state index contributed by atoms with van der Waals surface area (Å²) in [6.45, 7) is 2.87. The highest BCUT2D eigenvalue weighted by Crippen LogP contribution is 2.30. The molecule has 2 atom stereocenters. The number of carbonyl (C=O) groups is 2. The van der Waals surface area contributed by atoms with Crippen LogP contribution in [0, 0.1) is 0 Å². The Kier molecular flexibility index (Phi) is 4.22. The molecule has 2 fully saturated rings. The molecule has 1 heterocycles. The van der Waals surface area contributed by atoms with Crippen LogP contribution in [0.2, 0.25) is 0 Å². The molecule has 0 aromatic heterocycles. The lowest BCUT2D eigenvalue weighted by Crippen LogP contribution is -2.41. The van der Waals surface area contributed by atoms with Gasteiger partial charge in [0.05, 0.1) is 0 Å². The standard InChI is InChI=1S/C13H21NO4/c1-2-3-8-14(9-4-5-9)12(15)10-6-7-11(18-10)13(16)17/h9-11H,2-8H2,1H3,(H,16,17). The zero-order valence-corrected chi connectivity index (χ0v) is 10.8. The summed E-state index contributed by atoms with van der Waals surface area (Å²) in [5.41, 5.74) is 0. The molecule has 0 aromatic carbocycles. The van der Waals surface area contributed by atoms with Crippen molar-refractivity contribution in [1.82, 2.24) is 4.90 Å². The van der Waals surface area contributed by atoms with E-state index in [0.29, 0.717) is 18.9 Å². The molecule has 1 N–H and O–H groups in total. The molecular weight excluding hydrogens is 234 g/mol. The van der Waals surface area contributed by atoms with Gasteiger partial charge in [0, 0.05) is 12.6 Å². The summed E-state index contributed by atoms with van der Waals surface area (Å²) < 4.78 is 5.33. The van der Waals surface area contributed by atoms with E-state index in [0.717, 1.165) is 32.2 Å². The minimum absolute atomic E-state index is 0.00491. The van der Waals surface area contributed by atoms with Gasteiger partial charge in [-0.25, -0.2) is 4.79 Å². The molecular formula is C13H21NO4. The van der Waals surface area contributed by atoms with Crippen LogP contribution in [0.5, 0.6) is 0 Å². The van der Waals surface area contributed by atoms with Crippen molar-refractivity contribution < 1.29 is 19.4 Å². The third kappa shape index (κ3) is 3.02. The zero-order chi connectivity index (χ0) is 13.1. The van der Waals surface area contributed by atoms with E-state index in [1.807, 2.05) is 4.90 Å². The highest BCUT2D eigenvalue weighted by Gasteiger charge is 2.40. The van der Waals surface area contributed by atoms with E-state index in [-0.39, 0.29) is 5.91 Å². The predicted octanol–water partition coefficient (Wildman–Crippen LogP) is 1.41. The molecule has 2 aliphatic rings. The quantitative estimate of drug-likeness (QED) is 0.779. The Bertz CT molecular complexity index is 327. The Morgan fingerprint density at radius 3 is 2.39 bits per heavy atom. The molecule has 0 spiro atoms. The van der Waals surface area contributed by atoms with Gasteiger partial charge in [-0.1, -0.05) is 13.3 Å². The smallest absolute Gasteiger partial charge is 0.332 e. The normalized spacial score (nSPS) is 27.2. The maximum Gasteiger partial charge on any atom is 0.332 e. The lowest BCUT2D eigenvalue weighted by atomic mass is 10.1. The first-order valence-electron chi connectivity index (χ1n) is 6.82. The summed E-state index contributed by atoms with van der Waals surface area (Å²) in [5.74, 6) is -0.966. The molecule has 2 unspecified atom stereocenters. The summed E-state index contributed by atoms with van der Waals surface area (Å²) >= 11 is 0. The van der Waals surface area contributed by atoms with E-state index in [9.17, 15) is 9.59 Å². The predicted molar refractivity (Wildman–Crippen MR) is 65.2 cm³/mol. The first-order chi connectivity index (χ1) is 8.63. The van der Waals surface area contributed by atoms with Gasteiger partial charge in [-0.3, -0.25) is 4.79 Å². The lowest BCUT2D eigenvalue weighted by molar-refractivity contribution is -0.155. The van der Waals surface area contributed by atoms with Gasteiger partial charge in [-0.05, 0) is 32.1 Å². The number of aliphatic carboxylic acids is 1. The average Bonchev–Trinajstić information content (AvgIpc) is 3.05. The molecule has 1 saturated carbocycles. The van der Waals surface area contributed by atoms with Crippen LogP contribution in [0.3, 0.4) is 0 Å². The van der Waals surface area contributed by atoms with Crippen LogP contribution in [0.1, 0.15) is 45.4 Å². The Hall–Kier alpha value is -1.10. The minimum atomic E-state index is -0.961.